The number of carbonyl (C=O) groups is 1. The van der Waals surface area contributed by atoms with E-state index in [1.54, 1.807) is 6.92 Å². The molecule has 1 rings (SSSR count). The van der Waals surface area contributed by atoms with Crippen LogP contribution in [0.15, 0.2) is 10.7 Å². The summed E-state index contributed by atoms with van der Waals surface area (Å²) in [5, 5.41) is 16.4. The zero-order valence-electron chi connectivity index (χ0n) is 11.6. The predicted octanol–water partition coefficient (Wildman–Crippen LogP) is 2.24. The van der Waals surface area contributed by atoms with E-state index in [1.807, 2.05) is 13.8 Å². The quantitative estimate of drug-likeness (QED) is 0.609. The van der Waals surface area contributed by atoms with Gasteiger partial charge in [0.05, 0.1) is 15.9 Å². The van der Waals surface area contributed by atoms with Crippen molar-refractivity contribution in [2.75, 3.05) is 18.4 Å². The Hall–Kier alpha value is -1.70. The Labute approximate surface area is 125 Å². The molecule has 1 aromatic rings. The Balaban J connectivity index is 2.68. The first-order valence-corrected chi connectivity index (χ1v) is 6.92. The lowest BCUT2D eigenvalue weighted by Crippen LogP contribution is -2.32. The number of rotatable bonds is 6. The summed E-state index contributed by atoms with van der Waals surface area (Å²) in [7, 11) is 0. The molecule has 0 spiro atoms. The summed E-state index contributed by atoms with van der Waals surface area (Å²) in [6.45, 7) is 6.30. The molecule has 1 amide bonds. The van der Waals surface area contributed by atoms with Crippen LogP contribution < -0.4 is 10.6 Å². The Bertz CT molecular complexity index is 520. The highest BCUT2D eigenvalue weighted by molar-refractivity contribution is 9.10. The van der Waals surface area contributed by atoms with Gasteiger partial charge in [-0.25, -0.2) is 4.98 Å². The van der Waals surface area contributed by atoms with E-state index in [9.17, 15) is 14.9 Å². The van der Waals surface area contributed by atoms with Gasteiger partial charge in [0.1, 0.15) is 12.0 Å². The van der Waals surface area contributed by atoms with Crippen molar-refractivity contribution >= 4 is 33.3 Å². The maximum absolute atomic E-state index is 11.6. The van der Waals surface area contributed by atoms with Crippen LogP contribution in [0.5, 0.6) is 0 Å². The number of carbonyl (C=O) groups excluding carboxylic acids is 1. The molecule has 0 atom stereocenters. The summed E-state index contributed by atoms with van der Waals surface area (Å²) < 4.78 is 0.489. The third-order valence-electron chi connectivity index (χ3n) is 2.56. The van der Waals surface area contributed by atoms with Crippen LogP contribution in [0.3, 0.4) is 0 Å². The van der Waals surface area contributed by atoms with E-state index >= 15 is 0 Å². The second-order valence-corrected chi connectivity index (χ2v) is 5.53. The monoisotopic (exact) mass is 344 g/mol. The fourth-order valence-corrected chi connectivity index (χ4v) is 1.87. The van der Waals surface area contributed by atoms with Crippen LogP contribution in [0.25, 0.3) is 0 Å². The van der Waals surface area contributed by atoms with Crippen LogP contribution in [-0.2, 0) is 4.79 Å². The van der Waals surface area contributed by atoms with Crippen LogP contribution in [0.1, 0.15) is 19.4 Å². The molecule has 20 heavy (non-hydrogen) atoms. The Kier molecular flexibility index (Phi) is 5.87. The maximum Gasteiger partial charge on any atom is 0.291 e. The fraction of sp³-hybridized carbons (Fsp3) is 0.500. The minimum atomic E-state index is -0.494. The van der Waals surface area contributed by atoms with Gasteiger partial charge >= 0.3 is 0 Å². The summed E-state index contributed by atoms with van der Waals surface area (Å²) in [6.07, 6.45) is 1.18. The average Bonchev–Trinajstić information content (AvgIpc) is 2.37. The normalized spacial score (nSPS) is 10.4. The number of anilines is 1. The molecule has 0 aromatic carbocycles. The first-order chi connectivity index (χ1) is 9.32. The average molecular weight is 345 g/mol. The number of halogens is 1. The Morgan fingerprint density at radius 3 is 2.75 bits per heavy atom. The minimum Gasteiger partial charge on any atom is -0.360 e. The van der Waals surface area contributed by atoms with Gasteiger partial charge in [0.25, 0.3) is 5.69 Å². The van der Waals surface area contributed by atoms with Crippen molar-refractivity contribution in [2.45, 2.75) is 20.8 Å². The van der Waals surface area contributed by atoms with Gasteiger partial charge in [-0.05, 0) is 28.8 Å². The lowest BCUT2D eigenvalue weighted by Gasteiger charge is -2.11. The molecule has 0 aliphatic rings. The highest BCUT2D eigenvalue weighted by Gasteiger charge is 2.17. The van der Waals surface area contributed by atoms with Crippen LogP contribution in [0, 0.1) is 23.0 Å². The first-order valence-electron chi connectivity index (χ1n) is 6.13. The third-order valence-corrected chi connectivity index (χ3v) is 3.53. The van der Waals surface area contributed by atoms with E-state index < -0.39 is 4.92 Å². The number of hydrogen-bond donors (Lipinski definition) is 2. The molecule has 0 unspecified atom stereocenters. The molecule has 0 bridgehead atoms. The van der Waals surface area contributed by atoms with Crippen LogP contribution in [0.4, 0.5) is 11.5 Å². The zero-order chi connectivity index (χ0) is 15.3. The van der Waals surface area contributed by atoms with E-state index in [-0.39, 0.29) is 18.1 Å². The summed E-state index contributed by atoms with van der Waals surface area (Å²) in [5.41, 5.74) is 0.404. The Morgan fingerprint density at radius 2 is 2.20 bits per heavy atom. The van der Waals surface area contributed by atoms with E-state index in [4.69, 9.17) is 0 Å². The van der Waals surface area contributed by atoms with Gasteiger partial charge in [-0.1, -0.05) is 13.8 Å². The first kappa shape index (κ1) is 16.4. The molecule has 110 valence electrons. The molecule has 1 aromatic heterocycles. The maximum atomic E-state index is 11.6. The van der Waals surface area contributed by atoms with Crippen molar-refractivity contribution in [2.24, 2.45) is 5.92 Å². The number of nitrogens with one attached hydrogen (secondary N) is 2. The lowest BCUT2D eigenvalue weighted by atomic mass is 10.2. The van der Waals surface area contributed by atoms with Gasteiger partial charge in [-0.2, -0.15) is 0 Å². The highest BCUT2D eigenvalue weighted by atomic mass is 79.9. The van der Waals surface area contributed by atoms with Gasteiger partial charge in [0.15, 0.2) is 0 Å². The molecule has 8 heteroatoms. The number of nitro groups is 1. The second-order valence-electron chi connectivity index (χ2n) is 4.74. The van der Waals surface area contributed by atoms with Crippen molar-refractivity contribution in [3.05, 3.63) is 26.3 Å². The summed E-state index contributed by atoms with van der Waals surface area (Å²) >= 11 is 3.25. The van der Waals surface area contributed by atoms with Crippen molar-refractivity contribution in [1.82, 2.24) is 10.3 Å². The predicted molar refractivity (Wildman–Crippen MR) is 79.7 cm³/mol. The second kappa shape index (κ2) is 7.18. The lowest BCUT2D eigenvalue weighted by molar-refractivity contribution is -0.385. The number of pyridine rings is 1. The number of hydrogen-bond acceptors (Lipinski definition) is 5. The van der Waals surface area contributed by atoms with Gasteiger partial charge < -0.3 is 10.6 Å². The molecule has 2 N–H and O–H groups in total. The summed E-state index contributed by atoms with van der Waals surface area (Å²) in [5.74, 6) is 0.640. The van der Waals surface area contributed by atoms with Crippen molar-refractivity contribution in [3.63, 3.8) is 0 Å². The van der Waals surface area contributed by atoms with Crippen LogP contribution in [0.2, 0.25) is 0 Å². The molecular formula is C12H17BrN4O3. The smallest absolute Gasteiger partial charge is 0.291 e. The SMILES string of the molecule is Cc1c([N+](=O)[O-])cnc(NCC(=O)NCC(C)C)c1Br. The van der Waals surface area contributed by atoms with Crippen LogP contribution in [-0.4, -0.2) is 28.9 Å². The third kappa shape index (κ3) is 4.44. The highest BCUT2D eigenvalue weighted by Crippen LogP contribution is 2.30. The van der Waals surface area contributed by atoms with Crippen molar-refractivity contribution in [1.29, 1.82) is 0 Å². The van der Waals surface area contributed by atoms with Crippen LogP contribution >= 0.6 is 15.9 Å². The molecule has 0 aliphatic heterocycles. The van der Waals surface area contributed by atoms with E-state index in [2.05, 4.69) is 31.5 Å². The van der Waals surface area contributed by atoms with Gasteiger partial charge in [0, 0.05) is 12.1 Å². The summed E-state index contributed by atoms with van der Waals surface area (Å²) in [4.78, 5) is 25.8. The molecule has 0 saturated carbocycles. The van der Waals surface area contributed by atoms with Gasteiger partial charge in [-0.3, -0.25) is 14.9 Å². The van der Waals surface area contributed by atoms with E-state index in [0.717, 1.165) is 0 Å². The molecule has 0 radical (unpaired) electrons. The summed E-state index contributed by atoms with van der Waals surface area (Å²) in [6, 6.07) is 0. The standard InChI is InChI=1S/C12H17BrN4O3/c1-7(2)4-14-10(18)6-16-12-11(13)8(3)9(5-15-12)17(19)20/h5,7H,4,6H2,1-3H3,(H,14,18)(H,15,16). The topological polar surface area (TPSA) is 97.2 Å². The minimum absolute atomic E-state index is 0.0633. The molecule has 0 aliphatic carbocycles. The number of amides is 1. The fourth-order valence-electron chi connectivity index (χ4n) is 1.42. The zero-order valence-corrected chi connectivity index (χ0v) is 13.2. The van der Waals surface area contributed by atoms with Crippen molar-refractivity contribution in [3.8, 4) is 0 Å². The van der Waals surface area contributed by atoms with E-state index in [1.165, 1.54) is 6.20 Å². The van der Waals surface area contributed by atoms with E-state index in [0.29, 0.717) is 28.3 Å². The van der Waals surface area contributed by atoms with Gasteiger partial charge in [-0.15, -0.1) is 0 Å². The molecule has 7 nitrogen and oxygen atoms in total. The molecule has 0 fully saturated rings. The largest absolute Gasteiger partial charge is 0.360 e. The van der Waals surface area contributed by atoms with Gasteiger partial charge in [0.2, 0.25) is 5.91 Å². The molecular weight excluding hydrogens is 328 g/mol. The number of aromatic nitrogens is 1. The van der Waals surface area contributed by atoms with Crippen molar-refractivity contribution < 1.29 is 9.72 Å². The Morgan fingerprint density at radius 1 is 1.55 bits per heavy atom. The molecule has 0 saturated heterocycles. The molecule has 1 heterocycles. The number of nitrogens with zero attached hydrogens (tertiary/aromatic N) is 2.